The number of nitro groups is 1. The van der Waals surface area contributed by atoms with Crippen LogP contribution in [0.4, 0.5) is 11.4 Å². The number of carbonyl (C=O) groups is 1. The van der Waals surface area contributed by atoms with Crippen molar-refractivity contribution < 1.29 is 19.0 Å². The molecule has 0 bridgehead atoms. The highest BCUT2D eigenvalue weighted by molar-refractivity contribution is 6.61. The van der Waals surface area contributed by atoms with E-state index in [0.717, 1.165) is 17.4 Å². The number of hydrogen-bond acceptors (Lipinski definition) is 6. The van der Waals surface area contributed by atoms with Gasteiger partial charge in [0.2, 0.25) is 0 Å². The first-order valence-electron chi connectivity index (χ1n) is 7.46. The Morgan fingerprint density at radius 3 is 2.54 bits per heavy atom. The van der Waals surface area contributed by atoms with Gasteiger partial charge in [-0.2, -0.15) is 0 Å². The van der Waals surface area contributed by atoms with Gasteiger partial charge in [0.1, 0.15) is 6.29 Å². The van der Waals surface area contributed by atoms with Crippen LogP contribution in [0, 0.1) is 10.1 Å². The molecule has 0 aromatic heterocycles. The molecule has 1 N–H and O–H groups in total. The maximum atomic E-state index is 10.7. The summed E-state index contributed by atoms with van der Waals surface area (Å²) in [4.78, 5) is 20.8. The van der Waals surface area contributed by atoms with Crippen LogP contribution in [0.2, 0.25) is 0 Å². The van der Waals surface area contributed by atoms with Crippen LogP contribution in [0.5, 0.6) is 0 Å². The van der Waals surface area contributed by atoms with Gasteiger partial charge >= 0.3 is 7.12 Å². The monoisotopic (exact) mass is 326 g/mol. The molecule has 0 radical (unpaired) electrons. The first-order valence-corrected chi connectivity index (χ1v) is 7.46. The molecule has 1 aliphatic heterocycles. The largest absolute Gasteiger partial charge is 0.494 e. The number of nitrogens with one attached hydrogen (secondary N) is 1. The van der Waals surface area contributed by atoms with Crippen LogP contribution < -0.4 is 10.8 Å². The van der Waals surface area contributed by atoms with Gasteiger partial charge in [0.05, 0.1) is 17.6 Å². The summed E-state index contributed by atoms with van der Waals surface area (Å²) in [5, 5.41) is 13.8. The maximum Gasteiger partial charge on any atom is 0.494 e. The summed E-state index contributed by atoms with van der Waals surface area (Å²) in [5.41, 5.74) is 2.30. The lowest BCUT2D eigenvalue weighted by molar-refractivity contribution is -0.384. The highest BCUT2D eigenvalue weighted by atomic mass is 16.6. The van der Waals surface area contributed by atoms with E-state index < -0.39 is 12.0 Å². The molecule has 24 heavy (non-hydrogen) atoms. The van der Waals surface area contributed by atoms with Gasteiger partial charge in [-0.3, -0.25) is 14.9 Å². The van der Waals surface area contributed by atoms with Gasteiger partial charge in [-0.15, -0.1) is 0 Å². The zero-order chi connectivity index (χ0) is 16.9. The zero-order valence-electron chi connectivity index (χ0n) is 12.8. The number of anilines is 1. The number of rotatable bonds is 6. The lowest BCUT2D eigenvalue weighted by atomic mass is 9.79. The first-order chi connectivity index (χ1) is 11.7. The molecule has 0 spiro atoms. The molecule has 0 aliphatic carbocycles. The predicted molar refractivity (Wildman–Crippen MR) is 89.6 cm³/mol. The maximum absolute atomic E-state index is 10.7. The van der Waals surface area contributed by atoms with Crippen molar-refractivity contribution in [2.75, 3.05) is 18.5 Å². The van der Waals surface area contributed by atoms with Crippen molar-refractivity contribution in [1.82, 2.24) is 0 Å². The summed E-state index contributed by atoms with van der Waals surface area (Å²) < 4.78 is 11.4. The van der Waals surface area contributed by atoms with Gasteiger partial charge in [-0.05, 0) is 17.6 Å². The second kappa shape index (κ2) is 7.24. The quantitative estimate of drug-likeness (QED) is 0.375. The molecule has 0 amide bonds. The smallest absolute Gasteiger partial charge is 0.405 e. The number of benzene rings is 2. The van der Waals surface area contributed by atoms with Gasteiger partial charge in [0, 0.05) is 29.9 Å². The Bertz CT molecular complexity index is 720. The fraction of sp³-hybridized carbons (Fsp3) is 0.188. The summed E-state index contributed by atoms with van der Waals surface area (Å²) in [6.07, 6.45) is 0.660. The number of aldehydes is 1. The molecule has 122 valence electrons. The second-order valence-corrected chi connectivity index (χ2v) is 5.39. The van der Waals surface area contributed by atoms with Gasteiger partial charge in [-0.25, -0.2) is 0 Å². The fourth-order valence-electron chi connectivity index (χ4n) is 2.39. The lowest BCUT2D eigenvalue weighted by Gasteiger charge is -2.12. The molecular weight excluding hydrogens is 311 g/mol. The lowest BCUT2D eigenvalue weighted by Crippen LogP contribution is -2.33. The molecule has 1 heterocycles. The minimum absolute atomic E-state index is 0.0554. The van der Waals surface area contributed by atoms with E-state index in [-0.39, 0.29) is 11.8 Å². The van der Waals surface area contributed by atoms with E-state index in [1.54, 1.807) is 36.4 Å². The average molecular weight is 326 g/mol. The van der Waals surface area contributed by atoms with Crippen molar-refractivity contribution in [2.24, 2.45) is 0 Å². The van der Waals surface area contributed by atoms with Crippen LogP contribution in [-0.2, 0) is 9.31 Å². The molecule has 8 heteroatoms. The normalized spacial score (nSPS) is 16.8. The first kappa shape index (κ1) is 16.2. The Hall–Kier alpha value is -2.71. The number of hydrogen-bond donors (Lipinski definition) is 1. The van der Waals surface area contributed by atoms with Gasteiger partial charge < -0.3 is 14.6 Å². The van der Waals surface area contributed by atoms with Crippen LogP contribution in [0.25, 0.3) is 0 Å². The number of nitro benzene ring substituents is 1. The van der Waals surface area contributed by atoms with Crippen LogP contribution in [0.3, 0.4) is 0 Å². The molecular formula is C16H15BN2O5. The number of nitrogens with zero attached hydrogens (tertiary/aromatic N) is 1. The highest BCUT2D eigenvalue weighted by Crippen LogP contribution is 2.16. The van der Waals surface area contributed by atoms with Gasteiger partial charge in [-0.1, -0.05) is 24.3 Å². The Balaban J connectivity index is 1.52. The van der Waals surface area contributed by atoms with Crippen LogP contribution in [0.1, 0.15) is 10.4 Å². The van der Waals surface area contributed by atoms with E-state index in [2.05, 4.69) is 5.32 Å². The zero-order valence-corrected chi connectivity index (χ0v) is 12.8. The molecule has 0 unspecified atom stereocenters. The molecule has 1 atom stereocenters. The van der Waals surface area contributed by atoms with E-state index in [0.29, 0.717) is 18.7 Å². The van der Waals surface area contributed by atoms with Gasteiger partial charge in [0.25, 0.3) is 5.69 Å². The Morgan fingerprint density at radius 2 is 1.92 bits per heavy atom. The van der Waals surface area contributed by atoms with Crippen molar-refractivity contribution in [3.8, 4) is 0 Å². The number of non-ortho nitro benzene ring substituents is 1. The molecule has 3 rings (SSSR count). The Labute approximate surface area is 138 Å². The summed E-state index contributed by atoms with van der Waals surface area (Å²) in [5.74, 6) is 0. The van der Waals surface area contributed by atoms with E-state index in [9.17, 15) is 14.9 Å². The average Bonchev–Trinajstić information content (AvgIpc) is 3.09. The molecule has 0 saturated carbocycles. The van der Waals surface area contributed by atoms with Crippen LogP contribution in [0.15, 0.2) is 48.5 Å². The van der Waals surface area contributed by atoms with E-state index in [1.165, 1.54) is 12.1 Å². The van der Waals surface area contributed by atoms with E-state index >= 15 is 0 Å². The standard InChI is InChI=1S/C16H15BN2O5/c20-10-12-1-3-13(4-2-12)17-23-11-16(24-17)9-18-14-5-7-15(8-6-14)19(21)22/h1-8,10,16,18H,9,11H2/t16-/m1/s1. The second-order valence-electron chi connectivity index (χ2n) is 5.39. The van der Waals surface area contributed by atoms with Crippen molar-refractivity contribution in [3.05, 3.63) is 64.2 Å². The minimum Gasteiger partial charge on any atom is -0.405 e. The fourth-order valence-corrected chi connectivity index (χ4v) is 2.39. The topological polar surface area (TPSA) is 90.7 Å². The Morgan fingerprint density at radius 1 is 1.21 bits per heavy atom. The SMILES string of the molecule is O=Cc1ccc(B2OC[C@@H](CNc3ccc([N+](=O)[O-])cc3)O2)cc1. The van der Waals surface area contributed by atoms with Crippen LogP contribution in [-0.4, -0.2) is 37.6 Å². The number of carbonyl (C=O) groups excluding carboxylic acids is 1. The Kier molecular flexibility index (Phi) is 4.88. The summed E-state index contributed by atoms with van der Waals surface area (Å²) >= 11 is 0. The molecule has 2 aromatic carbocycles. The van der Waals surface area contributed by atoms with Crippen molar-refractivity contribution >= 4 is 30.2 Å². The predicted octanol–water partition coefficient (Wildman–Crippen LogP) is 1.63. The summed E-state index contributed by atoms with van der Waals surface area (Å²) in [7, 11) is -0.450. The molecule has 1 saturated heterocycles. The third kappa shape index (κ3) is 3.79. The summed E-state index contributed by atoms with van der Waals surface area (Å²) in [6, 6.07) is 13.3. The minimum atomic E-state index is -0.450. The molecule has 7 nitrogen and oxygen atoms in total. The van der Waals surface area contributed by atoms with Crippen molar-refractivity contribution in [1.29, 1.82) is 0 Å². The third-order valence-corrected chi connectivity index (χ3v) is 3.71. The third-order valence-electron chi connectivity index (χ3n) is 3.71. The van der Waals surface area contributed by atoms with Crippen molar-refractivity contribution in [3.63, 3.8) is 0 Å². The summed E-state index contributed by atoms with van der Waals surface area (Å²) in [6.45, 7) is 0.973. The molecule has 1 fully saturated rings. The highest BCUT2D eigenvalue weighted by Gasteiger charge is 2.32. The van der Waals surface area contributed by atoms with Crippen molar-refractivity contribution in [2.45, 2.75) is 6.10 Å². The molecule has 1 aliphatic rings. The van der Waals surface area contributed by atoms with Gasteiger partial charge in [0.15, 0.2) is 0 Å². The van der Waals surface area contributed by atoms with Crippen LogP contribution >= 0.6 is 0 Å². The van der Waals surface area contributed by atoms with E-state index in [4.69, 9.17) is 9.31 Å². The van der Waals surface area contributed by atoms with E-state index in [1.807, 2.05) is 0 Å². The molecule has 2 aromatic rings.